The summed E-state index contributed by atoms with van der Waals surface area (Å²) in [6.45, 7) is 2.41. The Kier molecular flexibility index (Phi) is 7.59. The van der Waals surface area contributed by atoms with Gasteiger partial charge < -0.3 is 9.47 Å². The molecule has 0 fully saturated rings. The van der Waals surface area contributed by atoms with E-state index in [9.17, 15) is 8.42 Å². The van der Waals surface area contributed by atoms with Crippen LogP contribution in [0.15, 0.2) is 60.9 Å². The molecular weight excluding hydrogens is 414 g/mol. The standard InChI is InChI=1S/C23H27N3O4S/c1-18-14-24-23(25-15-18)12-13-31(27,28)26(16-19-4-8-21(29-2)9-5-19)17-20-6-10-22(30-3)11-7-20/h4-11,14-15H,12-13,16-17H2,1-3H3. The van der Waals surface area contributed by atoms with Crippen molar-refractivity contribution in [3.8, 4) is 11.5 Å². The van der Waals surface area contributed by atoms with E-state index in [0.717, 1.165) is 28.2 Å². The van der Waals surface area contributed by atoms with Crippen molar-refractivity contribution in [2.24, 2.45) is 0 Å². The third kappa shape index (κ3) is 6.50. The highest BCUT2D eigenvalue weighted by atomic mass is 32.2. The van der Waals surface area contributed by atoms with E-state index >= 15 is 0 Å². The van der Waals surface area contributed by atoms with Crippen LogP contribution in [0.1, 0.15) is 22.5 Å². The van der Waals surface area contributed by atoms with Crippen molar-refractivity contribution in [2.45, 2.75) is 26.4 Å². The van der Waals surface area contributed by atoms with Crippen LogP contribution in [-0.2, 0) is 29.5 Å². The van der Waals surface area contributed by atoms with Crippen molar-refractivity contribution in [2.75, 3.05) is 20.0 Å². The minimum absolute atomic E-state index is 0.0671. The minimum atomic E-state index is -3.57. The predicted octanol–water partition coefficient (Wildman–Crippen LogP) is 3.38. The van der Waals surface area contributed by atoms with E-state index in [1.165, 1.54) is 4.31 Å². The third-order valence-electron chi connectivity index (χ3n) is 4.85. The summed E-state index contributed by atoms with van der Waals surface area (Å²) in [6, 6.07) is 14.8. The summed E-state index contributed by atoms with van der Waals surface area (Å²) in [6.07, 6.45) is 3.65. The molecule has 0 spiro atoms. The fourth-order valence-corrected chi connectivity index (χ4v) is 4.41. The molecule has 0 saturated carbocycles. The normalized spacial score (nSPS) is 11.5. The quantitative estimate of drug-likeness (QED) is 0.480. The van der Waals surface area contributed by atoms with Gasteiger partial charge in [-0.25, -0.2) is 18.4 Å². The Labute approximate surface area is 183 Å². The van der Waals surface area contributed by atoms with Crippen molar-refractivity contribution in [1.82, 2.24) is 14.3 Å². The Hall–Kier alpha value is -2.97. The van der Waals surface area contributed by atoms with Crippen LogP contribution in [0, 0.1) is 6.92 Å². The first-order valence-corrected chi connectivity index (χ1v) is 11.5. The molecule has 0 radical (unpaired) electrons. The van der Waals surface area contributed by atoms with Crippen molar-refractivity contribution in [3.63, 3.8) is 0 Å². The molecule has 0 unspecified atom stereocenters. The Morgan fingerprint density at radius 1 is 0.806 bits per heavy atom. The second-order valence-corrected chi connectivity index (χ2v) is 9.30. The molecule has 0 aliphatic carbocycles. The summed E-state index contributed by atoms with van der Waals surface area (Å²) in [5.74, 6) is 1.90. The molecule has 0 saturated heterocycles. The average Bonchev–Trinajstić information content (AvgIpc) is 2.79. The van der Waals surface area contributed by atoms with Gasteiger partial charge in [-0.05, 0) is 47.9 Å². The molecule has 3 aromatic rings. The number of hydrogen-bond acceptors (Lipinski definition) is 6. The topological polar surface area (TPSA) is 81.6 Å². The summed E-state index contributed by atoms with van der Waals surface area (Å²) in [5, 5.41) is 0. The molecule has 0 atom stereocenters. The van der Waals surface area contributed by atoms with E-state index in [4.69, 9.17) is 9.47 Å². The van der Waals surface area contributed by atoms with Gasteiger partial charge in [-0.2, -0.15) is 4.31 Å². The molecule has 7 nitrogen and oxygen atoms in total. The molecular formula is C23H27N3O4S. The highest BCUT2D eigenvalue weighted by molar-refractivity contribution is 7.89. The number of rotatable bonds is 10. The zero-order chi connectivity index (χ0) is 22.3. The lowest BCUT2D eigenvalue weighted by Crippen LogP contribution is -2.33. The first-order valence-electron chi connectivity index (χ1n) is 9.91. The van der Waals surface area contributed by atoms with Gasteiger partial charge in [-0.3, -0.25) is 0 Å². The number of aromatic nitrogens is 2. The molecule has 1 heterocycles. The second-order valence-electron chi connectivity index (χ2n) is 7.21. The van der Waals surface area contributed by atoms with Crippen molar-refractivity contribution in [1.29, 1.82) is 0 Å². The van der Waals surface area contributed by atoms with E-state index in [-0.39, 0.29) is 25.3 Å². The number of methoxy groups -OCH3 is 2. The lowest BCUT2D eigenvalue weighted by atomic mass is 10.2. The van der Waals surface area contributed by atoms with Crippen LogP contribution in [0.5, 0.6) is 11.5 Å². The molecule has 8 heteroatoms. The van der Waals surface area contributed by atoms with E-state index in [2.05, 4.69) is 9.97 Å². The highest BCUT2D eigenvalue weighted by Crippen LogP contribution is 2.19. The Balaban J connectivity index is 1.80. The van der Waals surface area contributed by atoms with Crippen molar-refractivity contribution < 1.29 is 17.9 Å². The maximum atomic E-state index is 13.2. The van der Waals surface area contributed by atoms with Crippen molar-refractivity contribution >= 4 is 10.0 Å². The molecule has 0 bridgehead atoms. The van der Waals surface area contributed by atoms with Crippen LogP contribution in [0.4, 0.5) is 0 Å². The van der Waals surface area contributed by atoms with Gasteiger partial charge in [-0.1, -0.05) is 24.3 Å². The Bertz CT molecular complexity index is 1020. The predicted molar refractivity (Wildman–Crippen MR) is 119 cm³/mol. The van der Waals surface area contributed by atoms with E-state index in [1.54, 1.807) is 26.6 Å². The number of aryl methyl sites for hydroxylation is 2. The van der Waals surface area contributed by atoms with Gasteiger partial charge in [0.15, 0.2) is 0 Å². The Morgan fingerprint density at radius 3 is 1.68 bits per heavy atom. The third-order valence-corrected chi connectivity index (χ3v) is 6.61. The molecule has 3 rings (SSSR count). The van der Waals surface area contributed by atoms with Crippen molar-refractivity contribution in [3.05, 3.63) is 83.4 Å². The molecule has 0 N–H and O–H groups in total. The smallest absolute Gasteiger partial charge is 0.215 e. The number of hydrogen-bond donors (Lipinski definition) is 0. The summed E-state index contributed by atoms with van der Waals surface area (Å²) in [5.41, 5.74) is 2.70. The maximum absolute atomic E-state index is 13.2. The second kappa shape index (κ2) is 10.4. The first kappa shape index (κ1) is 22.7. The maximum Gasteiger partial charge on any atom is 0.215 e. The van der Waals surface area contributed by atoms with Crippen LogP contribution in [0.3, 0.4) is 0 Å². The zero-order valence-corrected chi connectivity index (χ0v) is 18.8. The molecule has 0 aliphatic rings. The SMILES string of the molecule is COc1ccc(CN(Cc2ccc(OC)cc2)S(=O)(=O)CCc2ncc(C)cn2)cc1. The van der Waals surface area contributed by atoms with E-state index < -0.39 is 10.0 Å². The summed E-state index contributed by atoms with van der Waals surface area (Å²) < 4.78 is 38.4. The highest BCUT2D eigenvalue weighted by Gasteiger charge is 2.23. The van der Waals surface area contributed by atoms with Gasteiger partial charge in [0, 0.05) is 31.9 Å². The first-order chi connectivity index (χ1) is 14.9. The summed E-state index contributed by atoms with van der Waals surface area (Å²) >= 11 is 0. The largest absolute Gasteiger partial charge is 0.497 e. The average molecular weight is 442 g/mol. The number of benzene rings is 2. The van der Waals surface area contributed by atoms with Crippen LogP contribution < -0.4 is 9.47 Å². The van der Waals surface area contributed by atoms with Gasteiger partial charge in [0.25, 0.3) is 0 Å². The molecule has 1 aromatic heterocycles. The van der Waals surface area contributed by atoms with Crippen LogP contribution in [0.2, 0.25) is 0 Å². The lowest BCUT2D eigenvalue weighted by Gasteiger charge is -2.23. The molecule has 0 amide bonds. The summed E-state index contributed by atoms with van der Waals surface area (Å²) in [7, 11) is -0.368. The molecule has 0 aliphatic heterocycles. The molecule has 2 aromatic carbocycles. The number of nitrogens with zero attached hydrogens (tertiary/aromatic N) is 3. The van der Waals surface area contributed by atoms with Crippen LogP contribution in [0.25, 0.3) is 0 Å². The minimum Gasteiger partial charge on any atom is -0.497 e. The van der Waals surface area contributed by atoms with Crippen LogP contribution >= 0.6 is 0 Å². The van der Waals surface area contributed by atoms with E-state index in [0.29, 0.717) is 5.82 Å². The monoisotopic (exact) mass is 441 g/mol. The number of sulfonamides is 1. The van der Waals surface area contributed by atoms with Gasteiger partial charge >= 0.3 is 0 Å². The van der Waals surface area contributed by atoms with Gasteiger partial charge in [0.05, 0.1) is 20.0 Å². The number of ether oxygens (including phenoxy) is 2. The van der Waals surface area contributed by atoms with Gasteiger partial charge in [0.1, 0.15) is 17.3 Å². The molecule has 31 heavy (non-hydrogen) atoms. The lowest BCUT2D eigenvalue weighted by molar-refractivity contribution is 0.397. The molecule has 164 valence electrons. The van der Waals surface area contributed by atoms with Gasteiger partial charge in [-0.15, -0.1) is 0 Å². The van der Waals surface area contributed by atoms with Gasteiger partial charge in [0.2, 0.25) is 10.0 Å². The fraction of sp³-hybridized carbons (Fsp3) is 0.304. The summed E-state index contributed by atoms with van der Waals surface area (Å²) in [4.78, 5) is 8.45. The van der Waals surface area contributed by atoms with Crippen LogP contribution in [-0.4, -0.2) is 42.7 Å². The zero-order valence-electron chi connectivity index (χ0n) is 18.0. The fourth-order valence-electron chi connectivity index (χ4n) is 3.02. The van der Waals surface area contributed by atoms with E-state index in [1.807, 2.05) is 55.5 Å². The Morgan fingerprint density at radius 2 is 1.26 bits per heavy atom.